The fourth-order valence-corrected chi connectivity index (χ4v) is 2.27. The first-order valence-corrected chi connectivity index (χ1v) is 7.76. The number of nitrogens with one attached hydrogen (secondary N) is 1. The highest BCUT2D eigenvalue weighted by Crippen LogP contribution is 2.25. The molecule has 0 bridgehead atoms. The molecule has 0 saturated carbocycles. The molecule has 2 heteroatoms. The van der Waals surface area contributed by atoms with Crippen LogP contribution in [0.25, 0.3) is 0 Å². The molecule has 1 atom stereocenters. The maximum atomic E-state index is 6.15. The maximum Gasteiger partial charge on any atom is 0.108 e. The van der Waals surface area contributed by atoms with Crippen molar-refractivity contribution in [1.29, 1.82) is 0 Å². The molecule has 1 N–H and O–H groups in total. The second-order valence-electron chi connectivity index (χ2n) is 5.34. The summed E-state index contributed by atoms with van der Waals surface area (Å²) >= 11 is 0. The highest BCUT2D eigenvalue weighted by atomic mass is 16.5. The molecule has 112 valence electrons. The van der Waals surface area contributed by atoms with Crippen molar-refractivity contribution in [2.24, 2.45) is 0 Å². The highest BCUT2D eigenvalue weighted by molar-refractivity contribution is 5.29. The van der Waals surface area contributed by atoms with Crippen molar-refractivity contribution in [2.75, 3.05) is 13.2 Å². The minimum atomic E-state index is 0.00568. The van der Waals surface area contributed by atoms with Crippen LogP contribution in [0.1, 0.15) is 37.5 Å². The highest BCUT2D eigenvalue weighted by Gasteiger charge is 2.13. The van der Waals surface area contributed by atoms with Crippen LogP contribution < -0.4 is 5.32 Å². The molecule has 2 aromatic carbocycles. The first-order valence-electron chi connectivity index (χ1n) is 7.76. The average molecular weight is 283 g/mol. The molecule has 0 radical (unpaired) electrons. The van der Waals surface area contributed by atoms with Crippen LogP contribution in [0, 0.1) is 0 Å². The van der Waals surface area contributed by atoms with E-state index >= 15 is 0 Å². The van der Waals surface area contributed by atoms with E-state index in [4.69, 9.17) is 4.74 Å². The summed E-state index contributed by atoms with van der Waals surface area (Å²) in [6.07, 6.45) is 1.15. The third-order valence-electron chi connectivity index (χ3n) is 3.70. The second-order valence-corrected chi connectivity index (χ2v) is 5.34. The quantitative estimate of drug-likeness (QED) is 0.734. The van der Waals surface area contributed by atoms with Gasteiger partial charge in [-0.1, -0.05) is 67.6 Å². The van der Waals surface area contributed by atoms with Crippen LogP contribution in [0.5, 0.6) is 0 Å². The third-order valence-corrected chi connectivity index (χ3v) is 3.70. The van der Waals surface area contributed by atoms with Gasteiger partial charge in [-0.2, -0.15) is 0 Å². The van der Waals surface area contributed by atoms with Crippen LogP contribution in [0.2, 0.25) is 0 Å². The topological polar surface area (TPSA) is 21.3 Å². The lowest BCUT2D eigenvalue weighted by Crippen LogP contribution is -2.29. The van der Waals surface area contributed by atoms with Gasteiger partial charge in [0.1, 0.15) is 6.10 Å². The van der Waals surface area contributed by atoms with E-state index in [1.807, 2.05) is 12.1 Å². The fraction of sp³-hybridized carbons (Fsp3) is 0.368. The largest absolute Gasteiger partial charge is 0.367 e. The van der Waals surface area contributed by atoms with Crippen molar-refractivity contribution in [3.05, 3.63) is 71.8 Å². The number of rotatable bonds is 8. The van der Waals surface area contributed by atoms with Crippen LogP contribution in [0.4, 0.5) is 0 Å². The monoisotopic (exact) mass is 283 g/mol. The summed E-state index contributed by atoms with van der Waals surface area (Å²) in [7, 11) is 0. The Morgan fingerprint density at radius 2 is 1.43 bits per heavy atom. The first-order chi connectivity index (χ1) is 10.3. The lowest BCUT2D eigenvalue weighted by Gasteiger charge is -2.20. The Morgan fingerprint density at radius 1 is 0.905 bits per heavy atom. The molecule has 0 fully saturated rings. The molecule has 2 aromatic rings. The Bertz CT molecular complexity index is 458. The second kappa shape index (κ2) is 8.60. The smallest absolute Gasteiger partial charge is 0.108 e. The SMILES string of the molecule is CCC(C)NCCOC(c1ccccc1)c1ccccc1. The zero-order valence-electron chi connectivity index (χ0n) is 13.0. The van der Waals surface area contributed by atoms with E-state index in [0.717, 1.165) is 13.0 Å². The number of hydrogen-bond donors (Lipinski definition) is 1. The molecule has 0 aliphatic heterocycles. The standard InChI is InChI=1S/C19H25NO/c1-3-16(2)20-14-15-21-19(17-10-6-4-7-11-17)18-12-8-5-9-13-18/h4-13,16,19-20H,3,14-15H2,1-2H3. The van der Waals surface area contributed by atoms with Gasteiger partial charge in [0.05, 0.1) is 6.61 Å². The van der Waals surface area contributed by atoms with Gasteiger partial charge in [-0.15, -0.1) is 0 Å². The van der Waals surface area contributed by atoms with E-state index in [-0.39, 0.29) is 6.10 Å². The molecule has 0 saturated heterocycles. The van der Waals surface area contributed by atoms with Gasteiger partial charge in [-0.25, -0.2) is 0 Å². The Labute approximate surface area is 128 Å². The number of benzene rings is 2. The molecule has 0 aliphatic rings. The van der Waals surface area contributed by atoms with E-state index in [9.17, 15) is 0 Å². The predicted octanol–water partition coefficient (Wildman–Crippen LogP) is 4.18. The molecule has 0 spiro atoms. The zero-order chi connectivity index (χ0) is 14.9. The van der Waals surface area contributed by atoms with Crippen molar-refractivity contribution in [3.8, 4) is 0 Å². The summed E-state index contributed by atoms with van der Waals surface area (Å²) in [4.78, 5) is 0. The third kappa shape index (κ3) is 5.00. The summed E-state index contributed by atoms with van der Waals surface area (Å²) in [5.41, 5.74) is 2.40. The maximum absolute atomic E-state index is 6.15. The summed E-state index contributed by atoms with van der Waals surface area (Å²) in [5, 5.41) is 3.47. The van der Waals surface area contributed by atoms with Gasteiger partial charge in [0.2, 0.25) is 0 Å². The molecule has 21 heavy (non-hydrogen) atoms. The van der Waals surface area contributed by atoms with Crippen LogP contribution in [0.3, 0.4) is 0 Å². The van der Waals surface area contributed by atoms with Crippen molar-refractivity contribution >= 4 is 0 Å². The molecule has 0 aliphatic carbocycles. The van der Waals surface area contributed by atoms with Crippen molar-refractivity contribution in [3.63, 3.8) is 0 Å². The van der Waals surface area contributed by atoms with Crippen LogP contribution >= 0.6 is 0 Å². The number of hydrogen-bond acceptors (Lipinski definition) is 2. The molecule has 0 amide bonds. The normalized spacial score (nSPS) is 12.5. The van der Waals surface area contributed by atoms with Crippen LogP contribution in [-0.4, -0.2) is 19.2 Å². The van der Waals surface area contributed by atoms with Gasteiger partial charge >= 0.3 is 0 Å². The lowest BCUT2D eigenvalue weighted by atomic mass is 10.0. The fourth-order valence-electron chi connectivity index (χ4n) is 2.27. The number of ether oxygens (including phenoxy) is 1. The average Bonchev–Trinajstić information content (AvgIpc) is 2.56. The van der Waals surface area contributed by atoms with Crippen molar-refractivity contribution < 1.29 is 4.74 Å². The Morgan fingerprint density at radius 3 is 1.90 bits per heavy atom. The van der Waals surface area contributed by atoms with Crippen molar-refractivity contribution in [2.45, 2.75) is 32.4 Å². The molecule has 1 unspecified atom stereocenters. The molecule has 2 rings (SSSR count). The molecular weight excluding hydrogens is 258 g/mol. The van der Waals surface area contributed by atoms with E-state index < -0.39 is 0 Å². The molecular formula is C19H25NO. The van der Waals surface area contributed by atoms with Crippen LogP contribution in [0.15, 0.2) is 60.7 Å². The summed E-state index contributed by atoms with van der Waals surface area (Å²) < 4.78 is 6.15. The summed E-state index contributed by atoms with van der Waals surface area (Å²) in [5.74, 6) is 0. The van der Waals surface area contributed by atoms with E-state index in [2.05, 4.69) is 67.7 Å². The van der Waals surface area contributed by atoms with E-state index in [0.29, 0.717) is 12.6 Å². The van der Waals surface area contributed by atoms with E-state index in [1.54, 1.807) is 0 Å². The molecule has 0 heterocycles. The van der Waals surface area contributed by atoms with Gasteiger partial charge in [-0.05, 0) is 24.5 Å². The van der Waals surface area contributed by atoms with Crippen molar-refractivity contribution in [1.82, 2.24) is 5.32 Å². The van der Waals surface area contributed by atoms with Gasteiger partial charge in [0.15, 0.2) is 0 Å². The van der Waals surface area contributed by atoms with E-state index in [1.165, 1.54) is 11.1 Å². The summed E-state index contributed by atoms with van der Waals surface area (Å²) in [6.45, 7) is 5.98. The Kier molecular flexibility index (Phi) is 6.45. The minimum absolute atomic E-state index is 0.00568. The van der Waals surface area contributed by atoms with Gasteiger partial charge < -0.3 is 10.1 Å². The summed E-state index contributed by atoms with van der Waals surface area (Å²) in [6, 6.07) is 21.4. The van der Waals surface area contributed by atoms with Gasteiger partial charge in [0.25, 0.3) is 0 Å². The Balaban J connectivity index is 2.00. The molecule has 0 aromatic heterocycles. The lowest BCUT2D eigenvalue weighted by molar-refractivity contribution is 0.0808. The first kappa shape index (κ1) is 15.7. The predicted molar refractivity (Wildman–Crippen MR) is 88.4 cm³/mol. The Hall–Kier alpha value is -1.64. The molecule has 2 nitrogen and oxygen atoms in total. The van der Waals surface area contributed by atoms with Gasteiger partial charge in [-0.3, -0.25) is 0 Å². The van der Waals surface area contributed by atoms with Crippen LogP contribution in [-0.2, 0) is 4.74 Å². The minimum Gasteiger partial charge on any atom is -0.367 e. The zero-order valence-corrected chi connectivity index (χ0v) is 13.0. The van der Waals surface area contributed by atoms with Gasteiger partial charge in [0, 0.05) is 12.6 Å².